The van der Waals surface area contributed by atoms with Gasteiger partial charge in [-0.3, -0.25) is 4.79 Å². The fraction of sp³-hybridized carbons (Fsp3) is 0.611. The molecule has 5 rings (SSSR count). The van der Waals surface area contributed by atoms with Gasteiger partial charge in [0.15, 0.2) is 23.4 Å². The van der Waals surface area contributed by atoms with Crippen LogP contribution >= 0.6 is 0 Å². The lowest BCUT2D eigenvalue weighted by Gasteiger charge is -2.62. The zero-order chi connectivity index (χ0) is 17.8. The van der Waals surface area contributed by atoms with Gasteiger partial charge in [0, 0.05) is 20.7 Å². The Hall–Kier alpha value is -1.59. The van der Waals surface area contributed by atoms with E-state index in [1.165, 1.54) is 0 Å². The summed E-state index contributed by atoms with van der Waals surface area (Å²) >= 11 is 0. The molecule has 0 radical (unpaired) electrons. The van der Waals surface area contributed by atoms with Crippen molar-refractivity contribution in [1.29, 1.82) is 0 Å². The van der Waals surface area contributed by atoms with Gasteiger partial charge in [0.05, 0.1) is 18.1 Å². The highest BCUT2D eigenvalue weighted by atomic mass is 16.5. The van der Waals surface area contributed by atoms with Crippen LogP contribution in [0.2, 0.25) is 0 Å². The van der Waals surface area contributed by atoms with Crippen LogP contribution < -0.4 is 9.47 Å². The average Bonchev–Trinajstić information content (AvgIpc) is 2.90. The zero-order valence-electron chi connectivity index (χ0n) is 15.3. The topological polar surface area (TPSA) is 59.0 Å². The number of likely N-dealkylation sites (N-methyl/N-ethyl adjacent to an activating group) is 1. The number of Topliss-reactive ketones (excluding diaryl/α,β-unsaturated/α-hetero) is 1. The second-order valence-electron chi connectivity index (χ2n) is 7.19. The SMILES string of the molecule is [2H]C1([2H])C[C@@]2(O)[C@H]3Cc4ccc(OC)c5c4[C@@]2(CCN3C)C(O5)C1=O. The predicted octanol–water partition coefficient (Wildman–Crippen LogP) is 1.05. The molecule has 4 atom stereocenters. The molecule has 1 saturated heterocycles. The fourth-order valence-electron chi connectivity index (χ4n) is 5.38. The first-order valence-corrected chi connectivity index (χ1v) is 8.10. The second kappa shape index (κ2) is 4.08. The molecule has 2 aliphatic heterocycles. The van der Waals surface area contributed by atoms with E-state index in [0.717, 1.165) is 17.7 Å². The minimum absolute atomic E-state index is 0.191. The molecule has 2 heterocycles. The number of hydrogen-bond donors (Lipinski definition) is 1. The maximum Gasteiger partial charge on any atom is 0.174 e. The lowest BCUT2D eigenvalue weighted by atomic mass is 9.49. The van der Waals surface area contributed by atoms with E-state index < -0.39 is 29.3 Å². The number of piperidine rings is 1. The van der Waals surface area contributed by atoms with Gasteiger partial charge in [-0.25, -0.2) is 0 Å². The van der Waals surface area contributed by atoms with Crippen LogP contribution in [-0.4, -0.2) is 54.2 Å². The number of methoxy groups -OCH3 is 1. The first-order chi connectivity index (χ1) is 11.8. The molecular weight excluding hydrogens is 294 g/mol. The number of rotatable bonds is 1. The van der Waals surface area contributed by atoms with Crippen molar-refractivity contribution in [3.8, 4) is 11.5 Å². The normalized spacial score (nSPS) is 44.0. The van der Waals surface area contributed by atoms with Crippen molar-refractivity contribution in [2.45, 2.75) is 48.8 Å². The van der Waals surface area contributed by atoms with Crippen molar-refractivity contribution in [2.24, 2.45) is 0 Å². The summed E-state index contributed by atoms with van der Waals surface area (Å²) in [6.07, 6.45) is -2.11. The monoisotopic (exact) mass is 317 g/mol. The molecule has 1 spiro atoms. The maximum absolute atomic E-state index is 12.9. The largest absolute Gasteiger partial charge is 0.493 e. The van der Waals surface area contributed by atoms with Gasteiger partial charge in [-0.15, -0.1) is 0 Å². The summed E-state index contributed by atoms with van der Waals surface area (Å²) in [6.45, 7) is 0.735. The van der Waals surface area contributed by atoms with Crippen LogP contribution in [0.15, 0.2) is 12.1 Å². The van der Waals surface area contributed by atoms with Gasteiger partial charge >= 0.3 is 0 Å². The van der Waals surface area contributed by atoms with Crippen LogP contribution in [-0.2, 0) is 16.6 Å². The van der Waals surface area contributed by atoms with Gasteiger partial charge in [0.1, 0.15) is 0 Å². The molecule has 1 unspecified atom stereocenters. The lowest BCUT2D eigenvalue weighted by Crippen LogP contribution is -2.76. The summed E-state index contributed by atoms with van der Waals surface area (Å²) in [6, 6.07) is 3.59. The fourth-order valence-corrected chi connectivity index (χ4v) is 5.38. The van der Waals surface area contributed by atoms with Crippen LogP contribution in [0.1, 0.15) is 33.1 Å². The number of carbonyl (C=O) groups excluding carboxylic acids is 1. The van der Waals surface area contributed by atoms with Crippen molar-refractivity contribution in [3.05, 3.63) is 23.3 Å². The number of aliphatic hydroxyl groups is 1. The molecule has 0 aromatic heterocycles. The molecule has 4 aliphatic rings. The molecule has 1 saturated carbocycles. The Labute approximate surface area is 138 Å². The Balaban J connectivity index is 1.86. The summed E-state index contributed by atoms with van der Waals surface area (Å²) in [5.74, 6) is 0.486. The number of hydrogen-bond acceptors (Lipinski definition) is 5. The summed E-state index contributed by atoms with van der Waals surface area (Å²) < 4.78 is 28.0. The van der Waals surface area contributed by atoms with Crippen molar-refractivity contribution in [3.63, 3.8) is 0 Å². The quantitative estimate of drug-likeness (QED) is 0.839. The van der Waals surface area contributed by atoms with E-state index in [9.17, 15) is 9.90 Å². The number of ketones is 1. The predicted molar refractivity (Wildman–Crippen MR) is 83.0 cm³/mol. The van der Waals surface area contributed by atoms with E-state index in [2.05, 4.69) is 4.90 Å². The van der Waals surface area contributed by atoms with Gasteiger partial charge in [0.25, 0.3) is 0 Å². The summed E-state index contributed by atoms with van der Waals surface area (Å²) in [5, 5.41) is 11.8. The third-order valence-corrected chi connectivity index (χ3v) is 6.46. The van der Waals surface area contributed by atoms with Gasteiger partial charge in [-0.1, -0.05) is 6.07 Å². The molecule has 23 heavy (non-hydrogen) atoms. The first-order valence-electron chi connectivity index (χ1n) is 9.10. The van der Waals surface area contributed by atoms with Crippen molar-refractivity contribution < 1.29 is 22.1 Å². The highest BCUT2D eigenvalue weighted by molar-refractivity contribution is 5.90. The third-order valence-electron chi connectivity index (χ3n) is 6.46. The minimum Gasteiger partial charge on any atom is -0.493 e. The number of benzene rings is 1. The van der Waals surface area contributed by atoms with E-state index in [0.29, 0.717) is 24.3 Å². The van der Waals surface area contributed by atoms with Crippen LogP contribution in [0.4, 0.5) is 0 Å². The smallest absolute Gasteiger partial charge is 0.174 e. The van der Waals surface area contributed by atoms with Crippen molar-refractivity contribution in [1.82, 2.24) is 4.90 Å². The highest BCUT2D eigenvalue weighted by Gasteiger charge is 2.72. The minimum atomic E-state index is -2.11. The first kappa shape index (κ1) is 11.9. The highest BCUT2D eigenvalue weighted by Crippen LogP contribution is 2.64. The summed E-state index contributed by atoms with van der Waals surface area (Å²) in [5.41, 5.74) is -0.292. The average molecular weight is 317 g/mol. The second-order valence-corrected chi connectivity index (χ2v) is 7.19. The van der Waals surface area contributed by atoms with Crippen LogP contribution in [0, 0.1) is 0 Å². The molecule has 5 nitrogen and oxygen atoms in total. The number of nitrogens with zero attached hydrogens (tertiary/aromatic N) is 1. The number of likely N-dealkylation sites (tertiary alicyclic amines) is 1. The van der Waals surface area contributed by atoms with Gasteiger partial charge < -0.3 is 19.5 Å². The Morgan fingerprint density at radius 1 is 1.48 bits per heavy atom. The van der Waals surface area contributed by atoms with Gasteiger partial charge in [0.2, 0.25) is 0 Å². The zero-order valence-corrected chi connectivity index (χ0v) is 13.3. The molecule has 1 aromatic rings. The molecule has 2 aliphatic carbocycles. The Bertz CT molecular complexity index is 813. The van der Waals surface area contributed by atoms with Crippen molar-refractivity contribution >= 4 is 5.78 Å². The molecule has 1 N–H and O–H groups in total. The van der Waals surface area contributed by atoms with Gasteiger partial charge in [-0.2, -0.15) is 0 Å². The Kier molecular flexibility index (Phi) is 2.11. The standard InChI is InChI=1S/C18H21NO4/c1-19-8-7-17-14-10-3-4-12(22-2)15(14)23-16(17)11(20)5-6-18(17,21)13(19)9-10/h3-4,13,16,21H,5-9H2,1-2H3/t13-,16?,17+,18-/m1/s1/i5D2. The lowest BCUT2D eigenvalue weighted by molar-refractivity contribution is -0.185. The van der Waals surface area contributed by atoms with E-state index in [-0.39, 0.29) is 12.5 Å². The molecule has 2 bridgehead atoms. The van der Waals surface area contributed by atoms with Crippen LogP contribution in [0.3, 0.4) is 0 Å². The molecule has 5 heteroatoms. The molecule has 1 aromatic carbocycles. The van der Waals surface area contributed by atoms with Crippen molar-refractivity contribution in [2.75, 3.05) is 20.7 Å². The summed E-state index contributed by atoms with van der Waals surface area (Å²) in [4.78, 5) is 15.0. The number of carbonyl (C=O) groups is 1. The van der Waals surface area contributed by atoms with Gasteiger partial charge in [-0.05, 0) is 44.5 Å². The Morgan fingerprint density at radius 3 is 3.09 bits per heavy atom. The van der Waals surface area contributed by atoms with E-state index in [1.807, 2.05) is 19.2 Å². The van der Waals surface area contributed by atoms with Crippen LogP contribution in [0.25, 0.3) is 0 Å². The van der Waals surface area contributed by atoms with Crippen LogP contribution in [0.5, 0.6) is 11.5 Å². The summed E-state index contributed by atoms with van der Waals surface area (Å²) in [7, 11) is 3.51. The maximum atomic E-state index is 12.9. The Morgan fingerprint density at radius 2 is 2.30 bits per heavy atom. The third kappa shape index (κ3) is 1.32. The molecular formula is C18H21NO4. The van der Waals surface area contributed by atoms with E-state index in [4.69, 9.17) is 12.2 Å². The van der Waals surface area contributed by atoms with E-state index >= 15 is 0 Å². The molecule has 0 amide bonds. The van der Waals surface area contributed by atoms with E-state index in [1.54, 1.807) is 7.11 Å². The molecule has 2 fully saturated rings. The number of ether oxygens (including phenoxy) is 2. The molecule has 122 valence electrons.